The maximum absolute atomic E-state index is 13.7. The highest BCUT2D eigenvalue weighted by Gasteiger charge is 2.44. The van der Waals surface area contributed by atoms with Crippen LogP contribution in [0.1, 0.15) is 43.7 Å². The second kappa shape index (κ2) is 7.69. The average molecular weight is 446 g/mol. The number of rotatable bonds is 4. The predicted molar refractivity (Wildman–Crippen MR) is 126 cm³/mol. The molecule has 2 N–H and O–H groups in total. The fourth-order valence-corrected chi connectivity index (χ4v) is 5.10. The number of ether oxygens (including phenoxy) is 2. The van der Waals surface area contributed by atoms with Crippen LogP contribution in [0.2, 0.25) is 0 Å². The van der Waals surface area contributed by atoms with Gasteiger partial charge in [-0.3, -0.25) is 14.7 Å². The van der Waals surface area contributed by atoms with E-state index < -0.39 is 5.92 Å². The van der Waals surface area contributed by atoms with Crippen LogP contribution in [-0.4, -0.2) is 29.8 Å². The SMILES string of the molecule is COc1cccc([C@@H]2C3=C(CC(C)(C)CC3=O)Nc3[nH]n(-c4ccccc4)c(=O)c32)c1OC. The zero-order chi connectivity index (χ0) is 23.3. The third-order valence-corrected chi connectivity index (χ3v) is 6.46. The van der Waals surface area contributed by atoms with Crippen molar-refractivity contribution in [2.75, 3.05) is 19.5 Å². The summed E-state index contributed by atoms with van der Waals surface area (Å²) in [4.78, 5) is 27.2. The number of aromatic amines is 1. The number of benzene rings is 2. The van der Waals surface area contributed by atoms with Gasteiger partial charge in [-0.1, -0.05) is 44.2 Å². The molecule has 2 heterocycles. The van der Waals surface area contributed by atoms with Gasteiger partial charge in [-0.25, -0.2) is 4.68 Å². The molecule has 0 amide bonds. The highest BCUT2D eigenvalue weighted by atomic mass is 16.5. The summed E-state index contributed by atoms with van der Waals surface area (Å²) in [6.07, 6.45) is 1.12. The molecule has 0 saturated carbocycles. The van der Waals surface area contributed by atoms with Gasteiger partial charge in [0.05, 0.1) is 31.4 Å². The molecule has 3 aromatic rings. The number of hydrogen-bond donors (Lipinski definition) is 2. The predicted octanol–water partition coefficient (Wildman–Crippen LogP) is 4.38. The minimum Gasteiger partial charge on any atom is -0.493 e. The third-order valence-electron chi connectivity index (χ3n) is 6.46. The average Bonchev–Trinajstić information content (AvgIpc) is 3.12. The minimum absolute atomic E-state index is 0.0427. The molecule has 1 atom stereocenters. The van der Waals surface area contributed by atoms with Crippen LogP contribution in [-0.2, 0) is 4.79 Å². The summed E-state index contributed by atoms with van der Waals surface area (Å²) in [5.41, 5.74) is 3.05. The van der Waals surface area contributed by atoms with Crippen molar-refractivity contribution in [1.82, 2.24) is 9.78 Å². The van der Waals surface area contributed by atoms with Crippen molar-refractivity contribution in [2.45, 2.75) is 32.6 Å². The van der Waals surface area contributed by atoms with E-state index in [0.29, 0.717) is 41.3 Å². The maximum atomic E-state index is 13.7. The van der Waals surface area contributed by atoms with E-state index in [1.54, 1.807) is 14.2 Å². The summed E-state index contributed by atoms with van der Waals surface area (Å²) in [6.45, 7) is 4.18. The summed E-state index contributed by atoms with van der Waals surface area (Å²) in [7, 11) is 3.15. The standard InChI is InChI=1S/C26H27N3O4/c1-26(2)13-17-21(18(30)14-26)20(16-11-8-12-19(32-3)23(16)33-4)22-24(27-17)28-29(25(22)31)15-9-6-5-7-10-15/h5-12,20,27-28H,13-14H2,1-4H3/t20-/m1/s1. The second-order valence-electron chi connectivity index (χ2n) is 9.35. The van der Waals surface area contributed by atoms with Crippen LogP contribution in [0.3, 0.4) is 0 Å². The molecular formula is C26H27N3O4. The van der Waals surface area contributed by atoms with Gasteiger partial charge in [-0.15, -0.1) is 0 Å². The molecule has 1 aliphatic carbocycles. The number of aromatic nitrogens is 2. The number of ketones is 1. The summed E-state index contributed by atoms with van der Waals surface area (Å²) in [5, 5.41) is 6.63. The molecule has 0 radical (unpaired) electrons. The summed E-state index contributed by atoms with van der Waals surface area (Å²) >= 11 is 0. The van der Waals surface area contributed by atoms with E-state index in [1.165, 1.54) is 4.68 Å². The van der Waals surface area contributed by atoms with Gasteiger partial charge >= 0.3 is 0 Å². The van der Waals surface area contributed by atoms with E-state index in [9.17, 15) is 9.59 Å². The number of nitrogens with zero attached hydrogens (tertiary/aromatic N) is 1. The van der Waals surface area contributed by atoms with E-state index >= 15 is 0 Å². The van der Waals surface area contributed by atoms with Crippen molar-refractivity contribution in [3.05, 3.63) is 81.3 Å². The van der Waals surface area contributed by atoms with Gasteiger partial charge < -0.3 is 14.8 Å². The largest absolute Gasteiger partial charge is 0.493 e. The van der Waals surface area contributed by atoms with E-state index in [2.05, 4.69) is 24.3 Å². The van der Waals surface area contributed by atoms with E-state index in [1.807, 2.05) is 48.5 Å². The van der Waals surface area contributed by atoms with Gasteiger partial charge in [0.1, 0.15) is 5.82 Å². The number of H-pyrrole nitrogens is 1. The number of fused-ring (bicyclic) bond motifs is 1. The number of para-hydroxylation sites is 2. The Kier molecular flexibility index (Phi) is 4.92. The first-order valence-electron chi connectivity index (χ1n) is 11.0. The van der Waals surface area contributed by atoms with E-state index in [4.69, 9.17) is 9.47 Å². The molecule has 7 heteroatoms. The Morgan fingerprint density at radius 3 is 2.42 bits per heavy atom. The number of carbonyl (C=O) groups excluding carboxylic acids is 1. The Morgan fingerprint density at radius 1 is 0.970 bits per heavy atom. The number of hydrogen-bond acceptors (Lipinski definition) is 5. The smallest absolute Gasteiger partial charge is 0.277 e. The molecule has 170 valence electrons. The van der Waals surface area contributed by atoms with Gasteiger partial charge in [0.25, 0.3) is 5.56 Å². The number of nitrogens with one attached hydrogen (secondary N) is 2. The van der Waals surface area contributed by atoms with Crippen molar-refractivity contribution in [1.29, 1.82) is 0 Å². The lowest BCUT2D eigenvalue weighted by molar-refractivity contribution is -0.118. The van der Waals surface area contributed by atoms with E-state index in [-0.39, 0.29) is 16.8 Å². The summed E-state index contributed by atoms with van der Waals surface area (Å²) in [6, 6.07) is 15.0. The maximum Gasteiger partial charge on any atom is 0.277 e. The molecule has 1 aromatic heterocycles. The number of Topliss-reactive ketones (excluding diaryl/α,β-unsaturated/α-hetero) is 1. The van der Waals surface area contributed by atoms with Crippen LogP contribution >= 0.6 is 0 Å². The molecule has 0 unspecified atom stereocenters. The van der Waals surface area contributed by atoms with Gasteiger partial charge in [0, 0.05) is 23.3 Å². The minimum atomic E-state index is -0.571. The van der Waals surface area contributed by atoms with Crippen molar-refractivity contribution in [3.8, 4) is 17.2 Å². The highest BCUT2D eigenvalue weighted by Crippen LogP contribution is 2.50. The van der Waals surface area contributed by atoms with Crippen LogP contribution < -0.4 is 20.3 Å². The molecule has 1 aliphatic heterocycles. The van der Waals surface area contributed by atoms with Crippen molar-refractivity contribution in [3.63, 3.8) is 0 Å². The lowest BCUT2D eigenvalue weighted by Gasteiger charge is -2.38. The monoisotopic (exact) mass is 445 g/mol. The van der Waals surface area contributed by atoms with Crippen LogP contribution in [0.5, 0.6) is 11.5 Å². The first-order chi connectivity index (χ1) is 15.8. The quantitative estimate of drug-likeness (QED) is 0.622. The molecule has 0 bridgehead atoms. The molecule has 0 saturated heterocycles. The van der Waals surface area contributed by atoms with Crippen molar-refractivity contribution >= 4 is 11.6 Å². The summed E-state index contributed by atoms with van der Waals surface area (Å²) < 4.78 is 12.8. The molecular weight excluding hydrogens is 418 g/mol. The van der Waals surface area contributed by atoms with Crippen molar-refractivity contribution < 1.29 is 14.3 Å². The molecule has 0 spiro atoms. The second-order valence-corrected chi connectivity index (χ2v) is 9.35. The molecule has 2 aliphatic rings. The molecule has 2 aromatic carbocycles. The molecule has 7 nitrogen and oxygen atoms in total. The van der Waals surface area contributed by atoms with Crippen molar-refractivity contribution in [2.24, 2.45) is 5.41 Å². The van der Waals surface area contributed by atoms with Gasteiger partial charge in [-0.2, -0.15) is 0 Å². The fraction of sp³-hybridized carbons (Fsp3) is 0.308. The van der Waals surface area contributed by atoms with Gasteiger partial charge in [-0.05, 0) is 30.0 Å². The Morgan fingerprint density at radius 2 is 1.73 bits per heavy atom. The molecule has 5 rings (SSSR count). The fourth-order valence-electron chi connectivity index (χ4n) is 5.10. The number of allylic oxidation sites excluding steroid dienone is 2. The molecule has 33 heavy (non-hydrogen) atoms. The highest BCUT2D eigenvalue weighted by molar-refractivity contribution is 6.01. The number of carbonyl (C=O) groups is 1. The topological polar surface area (TPSA) is 85.4 Å². The Hall–Kier alpha value is -3.74. The summed E-state index contributed by atoms with van der Waals surface area (Å²) in [5.74, 6) is 1.15. The molecule has 0 fully saturated rings. The Labute approximate surface area is 192 Å². The third kappa shape index (κ3) is 3.35. The van der Waals surface area contributed by atoms with Crippen LogP contribution in [0, 0.1) is 5.41 Å². The van der Waals surface area contributed by atoms with Crippen LogP contribution in [0.25, 0.3) is 5.69 Å². The zero-order valence-electron chi connectivity index (χ0n) is 19.2. The van der Waals surface area contributed by atoms with Crippen LogP contribution in [0.15, 0.2) is 64.6 Å². The Balaban J connectivity index is 1.80. The van der Waals surface area contributed by atoms with Gasteiger partial charge in [0.2, 0.25) is 0 Å². The van der Waals surface area contributed by atoms with Crippen LogP contribution in [0.4, 0.5) is 5.82 Å². The Bertz CT molecular complexity index is 1330. The normalized spacial score (nSPS) is 18.9. The van der Waals surface area contributed by atoms with E-state index in [0.717, 1.165) is 16.9 Å². The zero-order valence-corrected chi connectivity index (χ0v) is 19.2. The first kappa shape index (κ1) is 21.1. The lowest BCUT2D eigenvalue weighted by atomic mass is 9.69. The number of anilines is 1. The number of methoxy groups -OCH3 is 2. The van der Waals surface area contributed by atoms with Gasteiger partial charge in [0.15, 0.2) is 17.3 Å². The first-order valence-corrected chi connectivity index (χ1v) is 11.0. The lowest BCUT2D eigenvalue weighted by Crippen LogP contribution is -2.35.